The van der Waals surface area contributed by atoms with Crippen LogP contribution >= 0.6 is 0 Å². The first-order chi connectivity index (χ1) is 15.9. The lowest BCUT2D eigenvalue weighted by molar-refractivity contribution is 0.149. The van der Waals surface area contributed by atoms with E-state index in [0.717, 1.165) is 5.71 Å². The summed E-state index contributed by atoms with van der Waals surface area (Å²) in [6, 6.07) is 4.82. The van der Waals surface area contributed by atoms with Crippen molar-refractivity contribution in [1.29, 1.82) is 0 Å². The first-order valence-corrected chi connectivity index (χ1v) is 13.8. The van der Waals surface area contributed by atoms with Gasteiger partial charge in [0.2, 0.25) is 0 Å². The second-order valence-corrected chi connectivity index (χ2v) is 14.4. The lowest BCUT2D eigenvalue weighted by Gasteiger charge is -2.39. The van der Waals surface area contributed by atoms with E-state index in [1.54, 1.807) is 24.5 Å². The van der Waals surface area contributed by atoms with Gasteiger partial charge in [0.1, 0.15) is 12.4 Å². The van der Waals surface area contributed by atoms with Crippen LogP contribution < -0.4 is 16.8 Å². The highest BCUT2D eigenvalue weighted by molar-refractivity contribution is 6.74. The van der Waals surface area contributed by atoms with Gasteiger partial charge in [0.15, 0.2) is 12.2 Å². The summed E-state index contributed by atoms with van der Waals surface area (Å²) in [6.45, 7) is 11.8. The van der Waals surface area contributed by atoms with Gasteiger partial charge in [0, 0.05) is 42.2 Å². The summed E-state index contributed by atoms with van der Waals surface area (Å²) in [6.07, 6.45) is 2.09. The molecule has 1 saturated heterocycles. The molecule has 1 amide bonds. The minimum atomic E-state index is -1.93. The van der Waals surface area contributed by atoms with Crippen molar-refractivity contribution in [1.82, 2.24) is 10.2 Å². The number of amides is 1. The smallest absolute Gasteiger partial charge is 0.437 e. The molecule has 1 aromatic carbocycles. The molecule has 2 aliphatic rings. The van der Waals surface area contributed by atoms with Gasteiger partial charge in [-0.1, -0.05) is 39.0 Å². The highest BCUT2D eigenvalue weighted by atomic mass is 28.4. The average molecular weight is 490 g/mol. The third-order valence-electron chi connectivity index (χ3n) is 6.03. The number of nitrogens with two attached hydrogens (primary N) is 2. The highest BCUT2D eigenvalue weighted by Crippen LogP contribution is 2.36. The molecule has 0 radical (unpaired) electrons. The molecule has 1 fully saturated rings. The van der Waals surface area contributed by atoms with Crippen LogP contribution in [0.3, 0.4) is 0 Å². The monoisotopic (exact) mass is 489 g/mol. The SMILES string of the molecule is CC(C)(C)[Si](C)(C)ON=C1CN(C2N=CC(c3cccc(COC(=O)N=C(N)N)c3F)=CN2)C1. The van der Waals surface area contributed by atoms with Crippen LogP contribution in [-0.2, 0) is 15.9 Å². The number of nitrogens with zero attached hydrogens (tertiary/aromatic N) is 4. The van der Waals surface area contributed by atoms with Gasteiger partial charge in [0.05, 0.1) is 5.71 Å². The number of benzene rings is 1. The maximum Gasteiger partial charge on any atom is 0.437 e. The third-order valence-corrected chi connectivity index (χ3v) is 10.2. The first-order valence-electron chi connectivity index (χ1n) is 10.9. The highest BCUT2D eigenvalue weighted by Gasteiger charge is 2.40. The molecule has 12 heteroatoms. The molecule has 1 atom stereocenters. The Kier molecular flexibility index (Phi) is 7.41. The molecular formula is C22H32FN7O3Si. The van der Waals surface area contributed by atoms with Crippen molar-refractivity contribution in [3.63, 3.8) is 0 Å². The van der Waals surface area contributed by atoms with E-state index in [-0.39, 0.29) is 23.5 Å². The summed E-state index contributed by atoms with van der Waals surface area (Å²) < 4.78 is 25.8. The van der Waals surface area contributed by atoms with Crippen molar-refractivity contribution in [2.24, 2.45) is 26.6 Å². The topological polar surface area (TPSA) is 140 Å². The van der Waals surface area contributed by atoms with Gasteiger partial charge in [-0.25, -0.2) is 9.18 Å². The Hall–Kier alpha value is -3.25. The molecule has 34 heavy (non-hydrogen) atoms. The number of carbonyl (C=O) groups excluding carboxylic acids is 1. The van der Waals surface area contributed by atoms with E-state index < -0.39 is 26.2 Å². The molecule has 0 spiro atoms. The van der Waals surface area contributed by atoms with Crippen LogP contribution in [-0.4, -0.2) is 56.6 Å². The Bertz CT molecular complexity index is 1050. The summed E-state index contributed by atoms with van der Waals surface area (Å²) in [4.78, 5) is 21.3. The predicted octanol–water partition coefficient (Wildman–Crippen LogP) is 2.73. The van der Waals surface area contributed by atoms with Crippen LogP contribution in [0.25, 0.3) is 5.57 Å². The quantitative estimate of drug-likeness (QED) is 0.241. The van der Waals surface area contributed by atoms with E-state index in [1.165, 1.54) is 6.07 Å². The molecule has 0 aromatic heterocycles. The number of aliphatic imine (C=N–C) groups is 2. The van der Waals surface area contributed by atoms with Crippen LogP contribution in [0, 0.1) is 5.82 Å². The van der Waals surface area contributed by atoms with E-state index in [9.17, 15) is 9.18 Å². The number of ether oxygens (including phenoxy) is 1. The Morgan fingerprint density at radius 3 is 2.62 bits per heavy atom. The number of hydrogen-bond donors (Lipinski definition) is 3. The molecular weight excluding hydrogens is 457 g/mol. The largest absolute Gasteiger partial charge is 0.455 e. The van der Waals surface area contributed by atoms with Crippen LogP contribution in [0.2, 0.25) is 18.1 Å². The van der Waals surface area contributed by atoms with Gasteiger partial charge in [-0.2, -0.15) is 0 Å². The molecule has 0 saturated carbocycles. The van der Waals surface area contributed by atoms with Crippen molar-refractivity contribution in [2.75, 3.05) is 13.1 Å². The summed E-state index contributed by atoms with van der Waals surface area (Å²) in [5, 5.41) is 7.66. The fourth-order valence-corrected chi connectivity index (χ4v) is 3.53. The number of hydrogen-bond acceptors (Lipinski definition) is 7. The molecule has 0 bridgehead atoms. The van der Waals surface area contributed by atoms with Gasteiger partial charge in [-0.15, -0.1) is 10.1 Å². The summed E-state index contributed by atoms with van der Waals surface area (Å²) in [5.74, 6) is -0.939. The molecule has 2 heterocycles. The predicted molar refractivity (Wildman–Crippen MR) is 133 cm³/mol. The maximum atomic E-state index is 15.0. The van der Waals surface area contributed by atoms with E-state index >= 15 is 0 Å². The third kappa shape index (κ3) is 6.00. The number of halogens is 1. The summed E-state index contributed by atoms with van der Waals surface area (Å²) in [7, 11) is -1.93. The lowest BCUT2D eigenvalue weighted by Crippen LogP contribution is -2.57. The number of rotatable bonds is 6. The number of nitrogens with one attached hydrogen (secondary N) is 1. The van der Waals surface area contributed by atoms with Crippen LogP contribution in [0.1, 0.15) is 31.9 Å². The van der Waals surface area contributed by atoms with Gasteiger partial charge >= 0.3 is 6.09 Å². The molecule has 1 aromatic rings. The number of oxime groups is 1. The fourth-order valence-electron chi connectivity index (χ4n) is 2.90. The van der Waals surface area contributed by atoms with Crippen LogP contribution in [0.4, 0.5) is 9.18 Å². The van der Waals surface area contributed by atoms with Crippen molar-refractivity contribution in [2.45, 2.75) is 51.8 Å². The number of allylic oxidation sites excluding steroid dienone is 1. The van der Waals surface area contributed by atoms with E-state index in [0.29, 0.717) is 24.2 Å². The van der Waals surface area contributed by atoms with Crippen molar-refractivity contribution < 1.29 is 18.4 Å². The number of likely N-dealkylation sites (tertiary alicyclic amines) is 1. The number of carbonyl (C=O) groups is 1. The van der Waals surface area contributed by atoms with Gasteiger partial charge in [0.25, 0.3) is 8.32 Å². The first kappa shape index (κ1) is 25.4. The standard InChI is InChI=1S/C22H32FN7O3Si/c1-22(2,3)34(4,5)33-29-16-11-30(12-16)20-26-9-15(10-27-20)17-8-6-7-14(18(17)23)13-32-21(31)28-19(24)25/h6-10,20,26H,11-13H2,1-5H3,(H4,24,25,28,31). The van der Waals surface area contributed by atoms with Gasteiger partial charge in [-0.05, 0) is 18.1 Å². The Balaban J connectivity index is 1.56. The Morgan fingerprint density at radius 2 is 2.03 bits per heavy atom. The molecule has 184 valence electrons. The molecule has 3 rings (SSSR count). The minimum Gasteiger partial charge on any atom is -0.455 e. The Morgan fingerprint density at radius 1 is 1.32 bits per heavy atom. The lowest BCUT2D eigenvalue weighted by atomic mass is 10.0. The van der Waals surface area contributed by atoms with Gasteiger partial charge in [-0.3, -0.25) is 9.89 Å². The second kappa shape index (κ2) is 9.93. The molecule has 5 N–H and O–H groups in total. The number of guanidine groups is 1. The molecule has 2 aliphatic heterocycles. The zero-order valence-corrected chi connectivity index (χ0v) is 21.1. The normalized spacial score (nSPS) is 18.4. The minimum absolute atomic E-state index is 0.0948. The van der Waals surface area contributed by atoms with Crippen molar-refractivity contribution in [3.05, 3.63) is 41.3 Å². The zero-order chi connectivity index (χ0) is 25.1. The van der Waals surface area contributed by atoms with Crippen molar-refractivity contribution in [3.8, 4) is 0 Å². The zero-order valence-electron chi connectivity index (χ0n) is 20.1. The maximum absolute atomic E-state index is 15.0. The molecule has 0 aliphatic carbocycles. The van der Waals surface area contributed by atoms with Crippen molar-refractivity contribution >= 4 is 37.9 Å². The second-order valence-electron chi connectivity index (χ2n) is 9.70. The van der Waals surface area contributed by atoms with E-state index in [4.69, 9.17) is 20.7 Å². The molecule has 10 nitrogen and oxygen atoms in total. The fraction of sp³-hybridized carbons (Fsp3) is 0.455. The summed E-state index contributed by atoms with van der Waals surface area (Å²) in [5.41, 5.74) is 12.3. The Labute approximate surface area is 199 Å². The van der Waals surface area contributed by atoms with E-state index in [1.807, 2.05) is 0 Å². The van der Waals surface area contributed by atoms with Gasteiger partial charge < -0.3 is 26.0 Å². The van der Waals surface area contributed by atoms with Crippen LogP contribution in [0.15, 0.2) is 39.5 Å². The summed E-state index contributed by atoms with van der Waals surface area (Å²) >= 11 is 0. The van der Waals surface area contributed by atoms with E-state index in [2.05, 4.69) is 59.2 Å². The average Bonchev–Trinajstić information content (AvgIpc) is 2.71. The molecule has 1 unspecified atom stereocenters. The van der Waals surface area contributed by atoms with Crippen LogP contribution in [0.5, 0.6) is 0 Å².